The molecule has 8 rings (SSSR count). The molecule has 1 fully saturated rings. The van der Waals surface area contributed by atoms with E-state index in [1.165, 1.54) is 93.6 Å². The molecule has 692 valence electrons. The summed E-state index contributed by atoms with van der Waals surface area (Å²) in [5.74, 6) is -15.6. The van der Waals surface area contributed by atoms with Gasteiger partial charge in [0.25, 0.3) is 0 Å². The molecule has 35 nitrogen and oxygen atoms in total. The molecule has 15 amide bonds. The molecule has 129 heavy (non-hydrogen) atoms. The molecule has 2 heterocycles. The second-order valence-corrected chi connectivity index (χ2v) is 34.2. The molecular formula is C93H120N16O19S. The Hall–Kier alpha value is -13.2. The van der Waals surface area contributed by atoms with Gasteiger partial charge in [0.05, 0.1) is 25.4 Å². The van der Waals surface area contributed by atoms with Crippen LogP contribution in [0.3, 0.4) is 0 Å². The number of benzene rings is 6. The van der Waals surface area contributed by atoms with E-state index in [2.05, 4.69) is 52.8 Å². The van der Waals surface area contributed by atoms with Gasteiger partial charge in [0, 0.05) is 103 Å². The van der Waals surface area contributed by atoms with Crippen molar-refractivity contribution >= 4 is 111 Å². The molecule has 0 radical (unpaired) electrons. The minimum Gasteiger partial charge on any atom is -0.508 e. The van der Waals surface area contributed by atoms with Crippen molar-refractivity contribution < 1.29 is 92.3 Å². The summed E-state index contributed by atoms with van der Waals surface area (Å²) >= 11 is 0.832. The number of phenolic OH excluding ortho intramolecular Hbond substituents is 2. The van der Waals surface area contributed by atoms with Gasteiger partial charge in [-0.2, -0.15) is 0 Å². The van der Waals surface area contributed by atoms with Crippen LogP contribution in [0.4, 0.5) is 0 Å². The Kier molecular flexibility index (Phi) is 38.6. The lowest BCUT2D eigenvalue weighted by molar-refractivity contribution is -0.151. The van der Waals surface area contributed by atoms with E-state index in [9.17, 15) is 54.0 Å². The second kappa shape index (κ2) is 49.2. The van der Waals surface area contributed by atoms with Crippen molar-refractivity contribution in [1.29, 1.82) is 0 Å². The summed E-state index contributed by atoms with van der Waals surface area (Å²) in [6.07, 6.45) is -1.88. The number of H-pyrrole nitrogens is 1. The van der Waals surface area contributed by atoms with Crippen LogP contribution in [0.2, 0.25) is 0 Å². The lowest BCUT2D eigenvalue weighted by Gasteiger charge is -2.37. The standard InChI is InChI=1S/C93H120N16O19S/c1-11-12-32-74-91(126)106(7)52-79(114)98-70(48-81(116)117)87(122)104-82(56(4)5)93(128)108(9)75(45-58-26-18-14-19-27-58)88(123)102-71(44-61-35-39-64(111)40-36-61)89(124)105(6)51-78(113)97-69(47-62-49-95-66-31-23-22-30-65(62)66)86(121)101-68(42-60-33-37-63(110)38-34-60)85(120)100-67(41-55(2)3)84(119)103-73(83(118)96-50-77(94)112)53-129-54-80(115)99-72(43-57-24-16-13-17-25-57)90(125)109(10)76(92(127)107(74)8)46-59-28-20-15-21-29-59/h13-31,33-40,49,55-56,67-76,81-82,95,110-111,116-117H,11-12,32,41-48,50-54H2,1-10H3,(H2,94,112)(H,96,118)(H,97,113)(H,98,114)(H,99,115)(H,100,120)(H,101,121)(H,102,123)(H,103,119)(H,104,122)/t67-,68-,69-,70-,71-,72-,73-,74-,75-,76-,82-/m0/s1. The fraction of sp³-hybridized carbons (Fsp3) is 0.430. The van der Waals surface area contributed by atoms with Crippen molar-refractivity contribution in [2.45, 2.75) is 178 Å². The number of phenols is 2. The number of aliphatic hydroxyl groups excluding tert-OH is 1. The number of carbonyl (C=O) groups is 15. The maximum absolute atomic E-state index is 15.5. The number of aromatic amines is 1. The maximum Gasteiger partial charge on any atom is 0.246 e. The van der Waals surface area contributed by atoms with E-state index in [0.717, 1.165) is 26.5 Å². The van der Waals surface area contributed by atoms with Gasteiger partial charge in [0.2, 0.25) is 88.6 Å². The molecule has 1 aliphatic heterocycles. The van der Waals surface area contributed by atoms with Crippen molar-refractivity contribution in [2.24, 2.45) is 17.6 Å². The third kappa shape index (κ3) is 30.8. The molecule has 11 atom stereocenters. The highest BCUT2D eigenvalue weighted by molar-refractivity contribution is 8.00. The Morgan fingerprint density at radius 1 is 0.450 bits per heavy atom. The lowest BCUT2D eigenvalue weighted by atomic mass is 9.98. The SMILES string of the molecule is CCCC[C@H]1C(=O)N(C)CC(=O)N[C@@H](CC(O)O)C(=O)N[C@@H](C(C)C)C(=O)N(C)[C@@H](Cc2ccccc2)C(=O)N[C@@H](Cc2ccc(O)cc2)C(=O)N(C)CC(=O)N[C@@H](Cc2c[nH]c3ccccc23)C(=O)N[C@@H](Cc2ccc(O)cc2)C(=O)N[C@@H](CC(C)C)C(=O)N[C@H](C(=O)NCC(N)=O)CSCC(=O)N[C@@H](Cc2ccccc2)C(=O)N(C)[C@@H](Cc2ccccc2)C(=O)N1C. The van der Waals surface area contributed by atoms with Crippen molar-refractivity contribution in [3.63, 3.8) is 0 Å². The van der Waals surface area contributed by atoms with Gasteiger partial charge in [-0.25, -0.2) is 0 Å². The second-order valence-electron chi connectivity index (χ2n) is 33.2. The quantitative estimate of drug-likeness (QED) is 0.0404. The summed E-state index contributed by atoms with van der Waals surface area (Å²) in [4.78, 5) is 231. The zero-order valence-corrected chi connectivity index (χ0v) is 75.0. The van der Waals surface area contributed by atoms with E-state index in [4.69, 9.17) is 5.73 Å². The number of amides is 15. The number of thioether (sulfide) groups is 1. The molecular weight excluding hydrogens is 1680 g/mol. The number of primary amides is 1. The van der Waals surface area contributed by atoms with Crippen LogP contribution in [0, 0.1) is 11.8 Å². The van der Waals surface area contributed by atoms with E-state index in [1.807, 2.05) is 6.92 Å². The van der Waals surface area contributed by atoms with Crippen molar-refractivity contribution in [2.75, 3.05) is 66.4 Å². The molecule has 0 saturated carbocycles. The van der Waals surface area contributed by atoms with E-state index in [0.29, 0.717) is 57.1 Å². The summed E-state index contributed by atoms with van der Waals surface area (Å²) in [5, 5.41) is 66.4. The first-order valence-corrected chi connectivity index (χ1v) is 44.0. The highest BCUT2D eigenvalue weighted by atomic mass is 32.2. The molecule has 16 N–H and O–H groups in total. The highest BCUT2D eigenvalue weighted by Crippen LogP contribution is 2.25. The summed E-state index contributed by atoms with van der Waals surface area (Å²) in [6.45, 7) is 6.26. The first-order valence-electron chi connectivity index (χ1n) is 42.8. The van der Waals surface area contributed by atoms with Crippen molar-refractivity contribution in [1.82, 2.24) is 77.3 Å². The minimum absolute atomic E-state index is 0.0415. The van der Waals surface area contributed by atoms with E-state index < -0.39 is 199 Å². The number of nitrogens with zero attached hydrogens (tertiary/aromatic N) is 5. The molecule has 1 aliphatic rings. The Morgan fingerprint density at radius 3 is 1.42 bits per heavy atom. The van der Waals surface area contributed by atoms with Crippen molar-refractivity contribution in [3.8, 4) is 11.5 Å². The number of nitrogens with two attached hydrogens (primary N) is 1. The summed E-state index contributed by atoms with van der Waals surface area (Å²) in [7, 11) is 6.59. The Bertz CT molecular complexity index is 5010. The Balaban J connectivity index is 1.21. The average Bonchev–Trinajstić information content (AvgIpc) is 1.50. The molecule has 36 heteroatoms. The molecule has 0 unspecified atom stereocenters. The first-order chi connectivity index (χ1) is 61.4. The maximum atomic E-state index is 15.5. The number of nitrogens with one attached hydrogen (secondary N) is 10. The third-order valence-corrected chi connectivity index (χ3v) is 23.2. The molecule has 6 aromatic carbocycles. The number of aromatic hydroxyl groups is 2. The average molecular weight is 1800 g/mol. The van der Waals surface area contributed by atoms with Gasteiger partial charge in [0.15, 0.2) is 6.29 Å². The van der Waals surface area contributed by atoms with Crippen LogP contribution in [-0.4, -0.2) is 278 Å². The monoisotopic (exact) mass is 1800 g/mol. The van der Waals surface area contributed by atoms with Gasteiger partial charge in [0.1, 0.15) is 78.0 Å². The number of para-hydroxylation sites is 1. The topological polar surface area (TPSA) is 503 Å². The third-order valence-electron chi connectivity index (χ3n) is 22.1. The van der Waals surface area contributed by atoms with Crippen LogP contribution >= 0.6 is 11.8 Å². The highest BCUT2D eigenvalue weighted by Gasteiger charge is 2.42. The zero-order chi connectivity index (χ0) is 94.3. The van der Waals surface area contributed by atoms with Crippen molar-refractivity contribution in [3.05, 3.63) is 203 Å². The van der Waals surface area contributed by atoms with Crippen LogP contribution in [0.5, 0.6) is 11.5 Å². The number of hydrogen-bond donors (Lipinski definition) is 15. The van der Waals surface area contributed by atoms with Gasteiger partial charge in [-0.1, -0.05) is 181 Å². The van der Waals surface area contributed by atoms with Crippen LogP contribution < -0.4 is 53.6 Å². The Morgan fingerprint density at radius 2 is 0.884 bits per heavy atom. The van der Waals surface area contributed by atoms with Crippen LogP contribution in [0.25, 0.3) is 10.9 Å². The molecule has 0 bridgehead atoms. The van der Waals surface area contributed by atoms with E-state index >= 15 is 38.4 Å². The minimum atomic E-state index is -2.24. The zero-order valence-electron chi connectivity index (χ0n) is 74.2. The molecule has 0 aliphatic carbocycles. The summed E-state index contributed by atoms with van der Waals surface area (Å²) in [6, 6.07) is 27.6. The number of unbranched alkanes of at least 4 members (excludes halogenated alkanes) is 1. The fourth-order valence-electron chi connectivity index (χ4n) is 15.0. The largest absolute Gasteiger partial charge is 0.508 e. The van der Waals surface area contributed by atoms with Crippen LogP contribution in [-0.2, 0) is 110 Å². The lowest BCUT2D eigenvalue weighted by Crippen LogP contribution is -2.61. The van der Waals surface area contributed by atoms with Gasteiger partial charge in [-0.3, -0.25) is 71.9 Å². The molecule has 1 aromatic heterocycles. The van der Waals surface area contributed by atoms with Gasteiger partial charge in [-0.15, -0.1) is 11.8 Å². The van der Waals surface area contributed by atoms with Gasteiger partial charge in [-0.05, 0) is 88.4 Å². The summed E-state index contributed by atoms with van der Waals surface area (Å²) < 4.78 is 0. The first kappa shape index (κ1) is 101. The van der Waals surface area contributed by atoms with Crippen LogP contribution in [0.15, 0.2) is 170 Å². The number of aromatic nitrogens is 1. The fourth-order valence-corrected chi connectivity index (χ4v) is 15.9. The predicted octanol–water partition coefficient (Wildman–Crippen LogP) is 1.55. The van der Waals surface area contributed by atoms with E-state index in [-0.39, 0.29) is 74.5 Å². The number of likely N-dealkylation sites (N-methyl/N-ethyl adjacent to an activating group) is 5. The van der Waals surface area contributed by atoms with Gasteiger partial charge >= 0.3 is 0 Å². The van der Waals surface area contributed by atoms with Crippen LogP contribution in [0.1, 0.15) is 100 Å². The summed E-state index contributed by atoms with van der Waals surface area (Å²) in [5.41, 5.74) is 9.15. The number of carbonyl (C=O) groups excluding carboxylic acids is 15. The molecule has 7 aromatic rings. The smallest absolute Gasteiger partial charge is 0.246 e. The molecule has 0 spiro atoms. The number of hydrogen-bond acceptors (Lipinski definition) is 20. The normalized spacial score (nSPS) is 22.0. The number of aliphatic hydroxyl groups is 2. The number of fused-ring (bicyclic) bond motifs is 1. The number of rotatable bonds is 23. The Labute approximate surface area is 753 Å². The van der Waals surface area contributed by atoms with E-state index in [1.54, 1.807) is 149 Å². The van der Waals surface area contributed by atoms with Gasteiger partial charge < -0.3 is 103 Å². The molecule has 1 saturated heterocycles. The predicted molar refractivity (Wildman–Crippen MR) is 483 cm³/mol.